The molecule has 4 heterocycles. The van der Waals surface area contributed by atoms with Gasteiger partial charge in [-0.25, -0.2) is 0 Å². The third-order valence-electron chi connectivity index (χ3n) is 5.22. The lowest BCUT2D eigenvalue weighted by Crippen LogP contribution is -2.36. The Morgan fingerprint density at radius 2 is 2.31 bits per heavy atom. The van der Waals surface area contributed by atoms with Crippen molar-refractivity contribution in [1.82, 2.24) is 15.0 Å². The van der Waals surface area contributed by atoms with Crippen LogP contribution in [0, 0.1) is 13.8 Å². The fourth-order valence-electron chi connectivity index (χ4n) is 3.85. The topological polar surface area (TPSA) is 77.7 Å². The van der Waals surface area contributed by atoms with Crippen molar-refractivity contribution in [3.8, 4) is 0 Å². The number of carbonyl (C=O) groups excluding carboxylic acids is 1. The zero-order chi connectivity index (χ0) is 18.1. The smallest absolute Gasteiger partial charge is 0.259 e. The summed E-state index contributed by atoms with van der Waals surface area (Å²) in [6.07, 6.45) is 3.42. The zero-order valence-electron chi connectivity index (χ0n) is 15.1. The van der Waals surface area contributed by atoms with Gasteiger partial charge in [0, 0.05) is 19.2 Å². The third kappa shape index (κ3) is 3.24. The van der Waals surface area contributed by atoms with Crippen molar-refractivity contribution in [3.05, 3.63) is 47.1 Å². The van der Waals surface area contributed by atoms with E-state index in [9.17, 15) is 4.79 Å². The molecule has 1 amide bonds. The number of likely N-dealkylation sites (tertiary alicyclic amines) is 1. The summed E-state index contributed by atoms with van der Waals surface area (Å²) < 4.78 is 17.2. The third-order valence-corrected chi connectivity index (χ3v) is 5.22. The highest BCUT2D eigenvalue weighted by Gasteiger charge is 2.47. The molecule has 2 atom stereocenters. The summed E-state index contributed by atoms with van der Waals surface area (Å²) in [4.78, 5) is 18.9. The summed E-state index contributed by atoms with van der Waals surface area (Å²) in [7, 11) is 0. The Morgan fingerprint density at radius 1 is 1.42 bits per heavy atom. The maximum Gasteiger partial charge on any atom is 0.259 e. The number of carbonyl (C=O) groups is 1. The Bertz CT molecular complexity index is 772. The van der Waals surface area contributed by atoms with Gasteiger partial charge in [-0.3, -0.25) is 9.78 Å². The monoisotopic (exact) mass is 357 g/mol. The second kappa shape index (κ2) is 6.81. The van der Waals surface area contributed by atoms with Crippen LogP contribution in [0.15, 0.2) is 28.9 Å². The fraction of sp³-hybridized carbons (Fsp3) is 0.526. The molecule has 0 N–H and O–H groups in total. The van der Waals surface area contributed by atoms with Crippen LogP contribution in [0.2, 0.25) is 0 Å². The van der Waals surface area contributed by atoms with Gasteiger partial charge in [-0.05, 0) is 32.4 Å². The molecule has 4 rings (SSSR count). The average molecular weight is 357 g/mol. The summed E-state index contributed by atoms with van der Waals surface area (Å²) in [6.45, 7) is 5.86. The largest absolute Gasteiger partial charge is 0.370 e. The molecular weight excluding hydrogens is 334 g/mol. The van der Waals surface area contributed by atoms with E-state index in [-0.39, 0.29) is 17.6 Å². The van der Waals surface area contributed by atoms with Crippen molar-refractivity contribution < 1.29 is 18.8 Å². The van der Waals surface area contributed by atoms with E-state index in [1.807, 2.05) is 23.1 Å². The molecule has 138 valence electrons. The molecule has 0 unspecified atom stereocenters. The van der Waals surface area contributed by atoms with Crippen LogP contribution in [0.1, 0.15) is 40.3 Å². The maximum atomic E-state index is 12.8. The van der Waals surface area contributed by atoms with Crippen molar-refractivity contribution in [2.24, 2.45) is 0 Å². The van der Waals surface area contributed by atoms with Crippen LogP contribution in [0.4, 0.5) is 0 Å². The van der Waals surface area contributed by atoms with Gasteiger partial charge in [-0.2, -0.15) is 0 Å². The molecule has 0 bridgehead atoms. The van der Waals surface area contributed by atoms with Crippen LogP contribution in [0.25, 0.3) is 0 Å². The van der Waals surface area contributed by atoms with Gasteiger partial charge in [0.25, 0.3) is 5.91 Å². The number of nitrogens with zero attached hydrogens (tertiary/aromatic N) is 3. The number of rotatable bonds is 4. The summed E-state index contributed by atoms with van der Waals surface area (Å²) in [5.41, 5.74) is 1.82. The minimum absolute atomic E-state index is 0.0282. The number of hydrogen-bond donors (Lipinski definition) is 0. The first-order valence-electron chi connectivity index (χ1n) is 8.94. The Kier molecular flexibility index (Phi) is 4.50. The summed E-state index contributed by atoms with van der Waals surface area (Å²) in [5, 5.41) is 3.88. The molecule has 7 nitrogen and oxygen atoms in total. The first-order valence-corrected chi connectivity index (χ1v) is 8.94. The predicted molar refractivity (Wildman–Crippen MR) is 92.6 cm³/mol. The van der Waals surface area contributed by atoms with Crippen molar-refractivity contribution in [1.29, 1.82) is 0 Å². The molecule has 26 heavy (non-hydrogen) atoms. The molecule has 2 aromatic heterocycles. The lowest BCUT2D eigenvalue weighted by molar-refractivity contribution is -0.000116. The number of amides is 1. The summed E-state index contributed by atoms with van der Waals surface area (Å²) in [6, 6.07) is 5.79. The van der Waals surface area contributed by atoms with Crippen LogP contribution >= 0.6 is 0 Å². The number of ether oxygens (including phenoxy) is 2. The second-order valence-electron chi connectivity index (χ2n) is 7.13. The van der Waals surface area contributed by atoms with Crippen LogP contribution in [0.5, 0.6) is 0 Å². The van der Waals surface area contributed by atoms with E-state index < -0.39 is 0 Å². The van der Waals surface area contributed by atoms with Crippen molar-refractivity contribution in [2.45, 2.75) is 45.0 Å². The molecule has 2 aliphatic rings. The molecule has 2 saturated heterocycles. The van der Waals surface area contributed by atoms with E-state index in [0.717, 1.165) is 18.5 Å². The average Bonchev–Trinajstić information content (AvgIpc) is 3.34. The van der Waals surface area contributed by atoms with E-state index in [0.29, 0.717) is 43.3 Å². The number of aryl methyl sites for hydroxylation is 2. The SMILES string of the molecule is Cc1noc(C)c1C(=O)N1CC[C@]2(C[C@H](OCc3ccccn3)CO2)C1. The molecule has 2 aromatic rings. The standard InChI is InChI=1S/C19H23N3O4/c1-13-17(14(2)26-21-13)18(23)22-8-6-19(12-22)9-16(11-25-19)24-10-15-5-3-4-7-20-15/h3-5,7,16H,6,8-12H2,1-2H3/t16-,19-/m0/s1. The van der Waals surface area contributed by atoms with E-state index in [1.54, 1.807) is 20.0 Å². The quantitative estimate of drug-likeness (QED) is 0.835. The van der Waals surface area contributed by atoms with Crippen LogP contribution < -0.4 is 0 Å². The van der Waals surface area contributed by atoms with E-state index >= 15 is 0 Å². The maximum absolute atomic E-state index is 12.8. The van der Waals surface area contributed by atoms with Gasteiger partial charge >= 0.3 is 0 Å². The van der Waals surface area contributed by atoms with Gasteiger partial charge in [0.05, 0.1) is 42.9 Å². The fourth-order valence-corrected chi connectivity index (χ4v) is 3.85. The molecule has 2 aliphatic heterocycles. The van der Waals surface area contributed by atoms with Gasteiger partial charge in [-0.1, -0.05) is 11.2 Å². The number of hydrogen-bond acceptors (Lipinski definition) is 6. The van der Waals surface area contributed by atoms with Gasteiger partial charge in [0.2, 0.25) is 0 Å². The highest BCUT2D eigenvalue weighted by molar-refractivity contribution is 5.96. The minimum Gasteiger partial charge on any atom is -0.370 e. The lowest BCUT2D eigenvalue weighted by atomic mass is 9.98. The molecule has 0 aromatic carbocycles. The van der Waals surface area contributed by atoms with E-state index in [2.05, 4.69) is 10.1 Å². The molecule has 1 spiro atoms. The highest BCUT2D eigenvalue weighted by atomic mass is 16.6. The molecule has 2 fully saturated rings. The Balaban J connectivity index is 1.35. The van der Waals surface area contributed by atoms with E-state index in [1.165, 1.54) is 0 Å². The Labute approximate surface area is 152 Å². The Morgan fingerprint density at radius 3 is 3.04 bits per heavy atom. The number of aromatic nitrogens is 2. The number of pyridine rings is 1. The highest BCUT2D eigenvalue weighted by Crippen LogP contribution is 2.37. The predicted octanol–water partition coefficient (Wildman–Crippen LogP) is 2.28. The summed E-state index contributed by atoms with van der Waals surface area (Å²) >= 11 is 0. The van der Waals surface area contributed by atoms with Crippen LogP contribution in [-0.4, -0.2) is 52.3 Å². The first-order chi connectivity index (χ1) is 12.6. The van der Waals surface area contributed by atoms with Gasteiger partial charge < -0.3 is 18.9 Å². The molecule has 7 heteroatoms. The molecular formula is C19H23N3O4. The zero-order valence-corrected chi connectivity index (χ0v) is 15.1. The van der Waals surface area contributed by atoms with Crippen LogP contribution in [-0.2, 0) is 16.1 Å². The van der Waals surface area contributed by atoms with Gasteiger partial charge in [0.15, 0.2) is 0 Å². The second-order valence-corrected chi connectivity index (χ2v) is 7.13. The minimum atomic E-state index is -0.302. The summed E-state index contributed by atoms with van der Waals surface area (Å²) in [5.74, 6) is 0.539. The molecule has 0 aliphatic carbocycles. The van der Waals surface area contributed by atoms with Crippen molar-refractivity contribution >= 4 is 5.91 Å². The van der Waals surface area contributed by atoms with E-state index in [4.69, 9.17) is 14.0 Å². The molecule has 0 saturated carbocycles. The molecule has 0 radical (unpaired) electrons. The normalized spacial score (nSPS) is 25.3. The Hall–Kier alpha value is -2.25. The first kappa shape index (κ1) is 17.2. The van der Waals surface area contributed by atoms with Crippen LogP contribution in [0.3, 0.4) is 0 Å². The van der Waals surface area contributed by atoms with Gasteiger partial charge in [-0.15, -0.1) is 0 Å². The lowest BCUT2D eigenvalue weighted by Gasteiger charge is -2.23. The van der Waals surface area contributed by atoms with Gasteiger partial charge in [0.1, 0.15) is 11.3 Å². The van der Waals surface area contributed by atoms with Crippen molar-refractivity contribution in [2.75, 3.05) is 19.7 Å². The van der Waals surface area contributed by atoms with Crippen molar-refractivity contribution in [3.63, 3.8) is 0 Å².